The molecule has 0 unspecified atom stereocenters. The van der Waals surface area contributed by atoms with Gasteiger partial charge in [-0.3, -0.25) is 4.98 Å². The monoisotopic (exact) mass is 287 g/mol. The number of hydrogen-bond acceptors (Lipinski definition) is 5. The molecule has 0 amide bonds. The molecule has 4 heterocycles. The van der Waals surface area contributed by atoms with Crippen LogP contribution >= 0.6 is 11.3 Å². The largest absolute Gasteiger partial charge is 0.373 e. The fourth-order valence-corrected chi connectivity index (χ4v) is 3.95. The van der Waals surface area contributed by atoms with E-state index in [1.807, 2.05) is 24.5 Å². The highest BCUT2D eigenvalue weighted by Crippen LogP contribution is 2.34. The maximum Gasteiger partial charge on any atom is 0.125 e. The maximum atomic E-state index is 5.86. The number of hydrogen-bond donors (Lipinski definition) is 1. The highest BCUT2D eigenvalue weighted by molar-refractivity contribution is 7.15. The van der Waals surface area contributed by atoms with Crippen LogP contribution in [0.4, 0.5) is 0 Å². The Labute approximate surface area is 122 Å². The Bertz CT molecular complexity index is 586. The van der Waals surface area contributed by atoms with Crippen molar-refractivity contribution in [3.8, 4) is 10.6 Å². The Hall–Kier alpha value is -1.30. The smallest absolute Gasteiger partial charge is 0.125 e. The van der Waals surface area contributed by atoms with Gasteiger partial charge in [0.25, 0.3) is 0 Å². The van der Waals surface area contributed by atoms with Crippen molar-refractivity contribution in [3.63, 3.8) is 0 Å². The summed E-state index contributed by atoms with van der Waals surface area (Å²) in [5.41, 5.74) is 1.09. The van der Waals surface area contributed by atoms with Crippen LogP contribution in [0.15, 0.2) is 30.7 Å². The van der Waals surface area contributed by atoms with Crippen molar-refractivity contribution >= 4 is 11.3 Å². The van der Waals surface area contributed by atoms with Gasteiger partial charge in [-0.15, -0.1) is 11.3 Å². The molecule has 2 aliphatic rings. The quantitative estimate of drug-likeness (QED) is 0.939. The van der Waals surface area contributed by atoms with E-state index in [9.17, 15) is 0 Å². The molecule has 2 fully saturated rings. The van der Waals surface area contributed by atoms with E-state index >= 15 is 0 Å². The van der Waals surface area contributed by atoms with Gasteiger partial charge in [0.05, 0.1) is 12.2 Å². The average molecular weight is 287 g/mol. The zero-order valence-electron chi connectivity index (χ0n) is 11.2. The second-order valence-electron chi connectivity index (χ2n) is 5.47. The van der Waals surface area contributed by atoms with Gasteiger partial charge in [-0.1, -0.05) is 0 Å². The van der Waals surface area contributed by atoms with Crippen LogP contribution in [0.3, 0.4) is 0 Å². The fraction of sp³-hybridized carbons (Fsp3) is 0.467. The van der Waals surface area contributed by atoms with Crippen molar-refractivity contribution in [2.45, 2.75) is 44.1 Å². The lowest BCUT2D eigenvalue weighted by Gasteiger charge is -2.19. The Kier molecular flexibility index (Phi) is 3.26. The lowest BCUT2D eigenvalue weighted by atomic mass is 9.95. The van der Waals surface area contributed by atoms with Crippen LogP contribution in [0, 0.1) is 0 Å². The van der Waals surface area contributed by atoms with Crippen molar-refractivity contribution in [1.29, 1.82) is 0 Å². The number of aromatic nitrogens is 2. The number of rotatable bonds is 4. The third-order valence-corrected chi connectivity index (χ3v) is 5.15. The van der Waals surface area contributed by atoms with E-state index in [1.165, 1.54) is 24.1 Å². The molecule has 0 radical (unpaired) electrons. The van der Waals surface area contributed by atoms with Crippen molar-refractivity contribution < 1.29 is 4.74 Å². The molecule has 104 valence electrons. The molecule has 4 nitrogen and oxygen atoms in total. The topological polar surface area (TPSA) is 47.0 Å². The van der Waals surface area contributed by atoms with E-state index in [4.69, 9.17) is 4.74 Å². The molecule has 2 aliphatic heterocycles. The SMILES string of the molecule is c1cncc(-c2ncc(CN[C@@H]3C[C@H]4CC[C@H]3O4)s2)c1. The number of nitrogens with zero attached hydrogens (tertiary/aromatic N) is 2. The van der Waals surface area contributed by atoms with E-state index in [1.54, 1.807) is 17.5 Å². The molecule has 2 saturated heterocycles. The molecule has 2 aromatic rings. The van der Waals surface area contributed by atoms with Crippen molar-refractivity contribution in [3.05, 3.63) is 35.6 Å². The van der Waals surface area contributed by atoms with E-state index in [-0.39, 0.29) is 0 Å². The predicted molar refractivity (Wildman–Crippen MR) is 78.5 cm³/mol. The molecule has 0 spiro atoms. The molecule has 1 N–H and O–H groups in total. The predicted octanol–water partition coefficient (Wildman–Crippen LogP) is 2.61. The summed E-state index contributed by atoms with van der Waals surface area (Å²) in [4.78, 5) is 9.90. The number of fused-ring (bicyclic) bond motifs is 2. The van der Waals surface area contributed by atoms with Gasteiger partial charge in [0.15, 0.2) is 0 Å². The van der Waals surface area contributed by atoms with E-state index in [0.717, 1.165) is 17.1 Å². The summed E-state index contributed by atoms with van der Waals surface area (Å²) in [5.74, 6) is 0. The van der Waals surface area contributed by atoms with Crippen LogP contribution in [0.1, 0.15) is 24.1 Å². The van der Waals surface area contributed by atoms with Gasteiger partial charge in [-0.05, 0) is 31.4 Å². The summed E-state index contributed by atoms with van der Waals surface area (Å²) < 4.78 is 5.86. The molecule has 2 bridgehead atoms. The number of thiazole rings is 1. The van der Waals surface area contributed by atoms with Gasteiger partial charge in [-0.25, -0.2) is 4.98 Å². The first-order chi connectivity index (χ1) is 9.88. The summed E-state index contributed by atoms with van der Waals surface area (Å²) in [6.07, 6.45) is 10.2. The van der Waals surface area contributed by atoms with Gasteiger partial charge >= 0.3 is 0 Å². The summed E-state index contributed by atoms with van der Waals surface area (Å²) in [5, 5.41) is 4.66. The maximum absolute atomic E-state index is 5.86. The zero-order valence-corrected chi connectivity index (χ0v) is 12.0. The molecule has 0 saturated carbocycles. The fourth-order valence-electron chi connectivity index (χ4n) is 3.10. The molecule has 0 aromatic carbocycles. The van der Waals surface area contributed by atoms with E-state index < -0.39 is 0 Å². The summed E-state index contributed by atoms with van der Waals surface area (Å²) in [6.45, 7) is 0.884. The standard InChI is InChI=1S/C15H17N3OS/c1-2-10(7-16-5-1)15-18-9-12(20-15)8-17-13-6-11-3-4-14(13)19-11/h1-2,5,7,9,11,13-14,17H,3-4,6,8H2/t11-,13-,14-/m1/s1. The van der Waals surface area contributed by atoms with Crippen LogP contribution in [-0.4, -0.2) is 28.2 Å². The van der Waals surface area contributed by atoms with Crippen molar-refractivity contribution in [1.82, 2.24) is 15.3 Å². The molecule has 5 heteroatoms. The third kappa shape index (κ3) is 2.37. The van der Waals surface area contributed by atoms with Gasteiger partial charge in [-0.2, -0.15) is 0 Å². The molecule has 20 heavy (non-hydrogen) atoms. The first-order valence-corrected chi connectivity index (χ1v) is 7.94. The first-order valence-electron chi connectivity index (χ1n) is 7.12. The minimum Gasteiger partial charge on any atom is -0.373 e. The van der Waals surface area contributed by atoms with Gasteiger partial charge in [0, 0.05) is 41.6 Å². The van der Waals surface area contributed by atoms with Crippen LogP contribution in [0.25, 0.3) is 10.6 Å². The first kappa shape index (κ1) is 12.4. The second-order valence-corrected chi connectivity index (χ2v) is 6.59. The van der Waals surface area contributed by atoms with Crippen LogP contribution < -0.4 is 5.32 Å². The van der Waals surface area contributed by atoms with Crippen molar-refractivity contribution in [2.24, 2.45) is 0 Å². The minimum absolute atomic E-state index is 0.436. The molecule has 0 aliphatic carbocycles. The average Bonchev–Trinajstić information content (AvgIpc) is 3.22. The highest BCUT2D eigenvalue weighted by atomic mass is 32.1. The molecule has 2 aromatic heterocycles. The van der Waals surface area contributed by atoms with Crippen LogP contribution in [0.5, 0.6) is 0 Å². The number of ether oxygens (including phenoxy) is 1. The lowest BCUT2D eigenvalue weighted by Crippen LogP contribution is -2.36. The van der Waals surface area contributed by atoms with Gasteiger partial charge < -0.3 is 10.1 Å². The number of nitrogens with one attached hydrogen (secondary N) is 1. The van der Waals surface area contributed by atoms with E-state index in [0.29, 0.717) is 18.2 Å². The molecular formula is C15H17N3OS. The van der Waals surface area contributed by atoms with Gasteiger partial charge in [0.1, 0.15) is 5.01 Å². The minimum atomic E-state index is 0.436. The molecular weight excluding hydrogens is 270 g/mol. The highest BCUT2D eigenvalue weighted by Gasteiger charge is 2.40. The Balaban J connectivity index is 1.39. The van der Waals surface area contributed by atoms with E-state index in [2.05, 4.69) is 15.3 Å². The normalized spacial score (nSPS) is 28.1. The lowest BCUT2D eigenvalue weighted by molar-refractivity contribution is 0.0973. The zero-order chi connectivity index (χ0) is 13.4. The number of pyridine rings is 1. The summed E-state index contributed by atoms with van der Waals surface area (Å²) in [7, 11) is 0. The van der Waals surface area contributed by atoms with Crippen molar-refractivity contribution in [2.75, 3.05) is 0 Å². The Morgan fingerprint density at radius 2 is 2.35 bits per heavy atom. The van der Waals surface area contributed by atoms with Crippen LogP contribution in [-0.2, 0) is 11.3 Å². The second kappa shape index (κ2) is 5.24. The summed E-state index contributed by atoms with van der Waals surface area (Å²) in [6, 6.07) is 4.52. The van der Waals surface area contributed by atoms with Crippen LogP contribution in [0.2, 0.25) is 0 Å². The third-order valence-electron chi connectivity index (χ3n) is 4.11. The Morgan fingerprint density at radius 1 is 1.35 bits per heavy atom. The summed E-state index contributed by atoms with van der Waals surface area (Å²) >= 11 is 1.73. The van der Waals surface area contributed by atoms with Gasteiger partial charge in [0.2, 0.25) is 0 Å². The molecule has 4 rings (SSSR count). The molecule has 3 atom stereocenters. The Morgan fingerprint density at radius 3 is 3.10 bits per heavy atom.